The number of thiazole rings is 1. The van der Waals surface area contributed by atoms with Gasteiger partial charge in [-0.3, -0.25) is 14.8 Å². The van der Waals surface area contributed by atoms with Crippen molar-refractivity contribution >= 4 is 28.1 Å². The highest BCUT2D eigenvalue weighted by Gasteiger charge is 2.16. The van der Waals surface area contributed by atoms with Gasteiger partial charge in [0, 0.05) is 18.1 Å². The molecule has 1 amide bonds. The topological polar surface area (TPSA) is 85.8 Å². The lowest BCUT2D eigenvalue weighted by molar-refractivity contribution is 0.102. The first-order valence-electron chi connectivity index (χ1n) is 6.11. The third-order valence-corrected chi connectivity index (χ3v) is 3.44. The number of hydrogen-bond acceptors (Lipinski definition) is 5. The number of rotatable bonds is 4. The molecule has 0 radical (unpaired) electrons. The fourth-order valence-corrected chi connectivity index (χ4v) is 2.41. The van der Waals surface area contributed by atoms with Crippen molar-refractivity contribution in [2.45, 2.75) is 33.2 Å². The second kappa shape index (κ2) is 5.40. The first-order valence-corrected chi connectivity index (χ1v) is 6.99. The van der Waals surface area contributed by atoms with E-state index in [4.69, 9.17) is 5.73 Å². The third-order valence-electron chi connectivity index (χ3n) is 2.66. The molecule has 2 heterocycles. The Labute approximate surface area is 115 Å². The molecule has 0 spiro atoms. The Morgan fingerprint density at radius 1 is 1.58 bits per heavy atom. The van der Waals surface area contributed by atoms with Gasteiger partial charge in [-0.2, -0.15) is 5.10 Å². The van der Waals surface area contributed by atoms with Gasteiger partial charge in [0.15, 0.2) is 10.8 Å². The van der Waals surface area contributed by atoms with Gasteiger partial charge in [-0.15, -0.1) is 11.3 Å². The number of hydrogen-bond donors (Lipinski definition) is 2. The maximum absolute atomic E-state index is 12.0. The molecule has 0 aliphatic rings. The first-order chi connectivity index (χ1) is 9.01. The highest BCUT2D eigenvalue weighted by Crippen LogP contribution is 2.22. The van der Waals surface area contributed by atoms with Crippen LogP contribution in [0.15, 0.2) is 11.6 Å². The van der Waals surface area contributed by atoms with Crippen molar-refractivity contribution in [3.8, 4) is 0 Å². The summed E-state index contributed by atoms with van der Waals surface area (Å²) in [5.74, 6) is 0.0145. The third kappa shape index (κ3) is 2.93. The largest absolute Gasteiger partial charge is 0.396 e. The van der Waals surface area contributed by atoms with E-state index in [1.165, 1.54) is 11.3 Å². The van der Waals surface area contributed by atoms with Crippen LogP contribution >= 0.6 is 11.3 Å². The lowest BCUT2D eigenvalue weighted by Gasteiger charge is -2.00. The first kappa shape index (κ1) is 13.5. The normalized spacial score (nSPS) is 10.9. The highest BCUT2D eigenvalue weighted by molar-refractivity contribution is 7.14. The summed E-state index contributed by atoms with van der Waals surface area (Å²) < 4.78 is 1.63. The van der Waals surface area contributed by atoms with Crippen LogP contribution in [-0.2, 0) is 6.54 Å². The molecule has 102 valence electrons. The fraction of sp³-hybridized carbons (Fsp3) is 0.417. The van der Waals surface area contributed by atoms with E-state index in [1.54, 1.807) is 10.9 Å². The molecule has 0 fully saturated rings. The minimum Gasteiger partial charge on any atom is -0.396 e. The van der Waals surface area contributed by atoms with E-state index in [9.17, 15) is 4.79 Å². The predicted octanol–water partition coefficient (Wildman–Crippen LogP) is 2.32. The predicted molar refractivity (Wildman–Crippen MR) is 76.5 cm³/mol. The molecule has 0 saturated carbocycles. The summed E-state index contributed by atoms with van der Waals surface area (Å²) in [5, 5.41) is 9.35. The summed E-state index contributed by atoms with van der Waals surface area (Å²) in [5.41, 5.74) is 7.34. The SMILES string of the molecule is CCn1cc(N)c(C(=O)Nc2nc(C(C)C)cs2)n1. The number of nitrogens with zero attached hydrogens (tertiary/aromatic N) is 3. The Hall–Kier alpha value is -1.89. The summed E-state index contributed by atoms with van der Waals surface area (Å²) >= 11 is 1.40. The quantitative estimate of drug-likeness (QED) is 0.899. The summed E-state index contributed by atoms with van der Waals surface area (Å²) in [7, 11) is 0. The smallest absolute Gasteiger partial charge is 0.280 e. The molecule has 19 heavy (non-hydrogen) atoms. The average molecular weight is 279 g/mol. The van der Waals surface area contributed by atoms with Gasteiger partial charge in [0.05, 0.1) is 11.4 Å². The van der Waals surface area contributed by atoms with E-state index >= 15 is 0 Å². The lowest BCUT2D eigenvalue weighted by atomic mass is 10.2. The van der Waals surface area contributed by atoms with Gasteiger partial charge in [-0.25, -0.2) is 4.98 Å². The second-order valence-electron chi connectivity index (χ2n) is 4.48. The number of carbonyl (C=O) groups excluding carboxylic acids is 1. The molecule has 2 rings (SSSR count). The van der Waals surface area contributed by atoms with Crippen LogP contribution in [0.5, 0.6) is 0 Å². The molecular formula is C12H17N5OS. The molecule has 0 aliphatic heterocycles. The molecule has 2 aromatic rings. The van der Waals surface area contributed by atoms with Crippen molar-refractivity contribution in [2.75, 3.05) is 11.1 Å². The number of anilines is 2. The standard InChI is InChI=1S/C12H17N5OS/c1-4-17-5-8(13)10(16-17)11(18)15-12-14-9(6-19-12)7(2)3/h5-7H,4,13H2,1-3H3,(H,14,15,18). The van der Waals surface area contributed by atoms with Crippen molar-refractivity contribution in [1.29, 1.82) is 0 Å². The molecule has 2 aromatic heterocycles. The van der Waals surface area contributed by atoms with Crippen LogP contribution in [-0.4, -0.2) is 20.7 Å². The molecule has 0 aromatic carbocycles. The van der Waals surface area contributed by atoms with E-state index < -0.39 is 0 Å². The number of nitrogen functional groups attached to an aromatic ring is 1. The van der Waals surface area contributed by atoms with Gasteiger partial charge in [0.25, 0.3) is 5.91 Å². The van der Waals surface area contributed by atoms with Crippen LogP contribution in [0, 0.1) is 0 Å². The minimum atomic E-state index is -0.325. The van der Waals surface area contributed by atoms with Gasteiger partial charge < -0.3 is 5.73 Å². The van der Waals surface area contributed by atoms with Crippen molar-refractivity contribution in [3.63, 3.8) is 0 Å². The molecule has 0 atom stereocenters. The summed E-state index contributed by atoms with van der Waals surface area (Å²) in [6.45, 7) is 6.72. The molecule has 0 unspecified atom stereocenters. The van der Waals surface area contributed by atoms with Crippen molar-refractivity contribution < 1.29 is 4.79 Å². The molecule has 6 nitrogen and oxygen atoms in total. The number of nitrogens with two attached hydrogens (primary N) is 1. The molecule has 7 heteroatoms. The Balaban J connectivity index is 2.13. The lowest BCUT2D eigenvalue weighted by Crippen LogP contribution is -2.14. The Bertz CT molecular complexity index is 587. The van der Waals surface area contributed by atoms with Crippen LogP contribution in [0.1, 0.15) is 42.9 Å². The number of aryl methyl sites for hydroxylation is 1. The zero-order valence-electron chi connectivity index (χ0n) is 11.2. The van der Waals surface area contributed by atoms with Crippen molar-refractivity contribution in [2.24, 2.45) is 0 Å². The summed E-state index contributed by atoms with van der Waals surface area (Å²) in [6.07, 6.45) is 1.65. The van der Waals surface area contributed by atoms with E-state index in [1.807, 2.05) is 12.3 Å². The van der Waals surface area contributed by atoms with Crippen molar-refractivity contribution in [1.82, 2.24) is 14.8 Å². The summed E-state index contributed by atoms with van der Waals surface area (Å²) in [4.78, 5) is 16.4. The maximum atomic E-state index is 12.0. The van der Waals surface area contributed by atoms with E-state index in [0.717, 1.165) is 5.69 Å². The van der Waals surface area contributed by atoms with Gasteiger partial charge in [0.2, 0.25) is 0 Å². The van der Waals surface area contributed by atoms with Crippen molar-refractivity contribution in [3.05, 3.63) is 23.0 Å². The Kier molecular flexibility index (Phi) is 3.84. The monoisotopic (exact) mass is 279 g/mol. The Morgan fingerprint density at radius 3 is 2.84 bits per heavy atom. The Morgan fingerprint density at radius 2 is 2.32 bits per heavy atom. The second-order valence-corrected chi connectivity index (χ2v) is 5.33. The fourth-order valence-electron chi connectivity index (χ4n) is 1.54. The van der Waals surface area contributed by atoms with Crippen LogP contribution in [0.3, 0.4) is 0 Å². The van der Waals surface area contributed by atoms with Crippen LogP contribution < -0.4 is 11.1 Å². The van der Waals surface area contributed by atoms with E-state index in [-0.39, 0.29) is 11.6 Å². The van der Waals surface area contributed by atoms with Crippen LogP contribution in [0.4, 0.5) is 10.8 Å². The van der Waals surface area contributed by atoms with Gasteiger partial charge >= 0.3 is 0 Å². The molecule has 0 aliphatic carbocycles. The number of nitrogens with one attached hydrogen (secondary N) is 1. The van der Waals surface area contributed by atoms with Crippen LogP contribution in [0.2, 0.25) is 0 Å². The number of carbonyl (C=O) groups is 1. The summed E-state index contributed by atoms with van der Waals surface area (Å²) in [6, 6.07) is 0. The zero-order valence-corrected chi connectivity index (χ0v) is 12.0. The molecular weight excluding hydrogens is 262 g/mol. The number of aromatic nitrogens is 3. The minimum absolute atomic E-state index is 0.239. The highest BCUT2D eigenvalue weighted by atomic mass is 32.1. The van der Waals surface area contributed by atoms with Gasteiger partial charge in [-0.05, 0) is 12.8 Å². The van der Waals surface area contributed by atoms with Gasteiger partial charge in [0.1, 0.15) is 0 Å². The van der Waals surface area contributed by atoms with Crippen LogP contribution in [0.25, 0.3) is 0 Å². The number of amides is 1. The molecule has 0 saturated heterocycles. The molecule has 0 bridgehead atoms. The zero-order chi connectivity index (χ0) is 14.0. The van der Waals surface area contributed by atoms with E-state index in [0.29, 0.717) is 23.3 Å². The maximum Gasteiger partial charge on any atom is 0.280 e. The molecule has 3 N–H and O–H groups in total. The van der Waals surface area contributed by atoms with Gasteiger partial charge in [-0.1, -0.05) is 13.8 Å². The van der Waals surface area contributed by atoms with E-state index in [2.05, 4.69) is 29.2 Å². The average Bonchev–Trinajstić information content (AvgIpc) is 2.95.